The van der Waals surface area contributed by atoms with E-state index in [4.69, 9.17) is 20.0 Å². The number of pyridine rings is 2. The van der Waals surface area contributed by atoms with Crippen LogP contribution >= 0.6 is 0 Å². The van der Waals surface area contributed by atoms with Crippen LogP contribution in [0.4, 0.5) is 23.0 Å². The second-order valence-corrected chi connectivity index (χ2v) is 20.4. The molecule has 2 N–H and O–H groups in total. The van der Waals surface area contributed by atoms with Crippen LogP contribution in [0.2, 0.25) is 0 Å². The Morgan fingerprint density at radius 1 is 0.537 bits per heavy atom. The molecule has 8 heterocycles. The molecule has 412 valence electrons. The zero-order valence-electron chi connectivity index (χ0n) is 45.3. The number of nitrogens with zero attached hydrogens (tertiary/aromatic N) is 12. The number of ether oxygens (including phenoxy) is 2. The zero-order valence-corrected chi connectivity index (χ0v) is 45.3. The molecule has 0 aliphatic carbocycles. The number of carbonyl (C=O) groups is 2. The molecule has 0 unspecified atom stereocenters. The summed E-state index contributed by atoms with van der Waals surface area (Å²) < 4.78 is 12.6. The van der Waals surface area contributed by atoms with Crippen LogP contribution in [0, 0.1) is 36.5 Å². The third kappa shape index (κ3) is 11.4. The smallest absolute Gasteiger partial charge is 0.269 e. The van der Waals surface area contributed by atoms with E-state index >= 15 is 0 Å². The number of rotatable bonds is 12. The van der Waals surface area contributed by atoms with Crippen molar-refractivity contribution < 1.29 is 19.1 Å². The standard InChI is InChI=1S/2C31H29N7O3/c2*1-21-27(18-34-35-30(21)39)38-19-24-5-2-3-8-26(24)28(38)20-41-25-7-4-6-23(15-25)31(40)37-13-11-36(12-14-37)29-10-9-22(16-32)17-33-29/h2*2-10,15,17-18,28H,11-14,19-20H2,1H3,(H,35,39)/t2*28-/m10/s1. The lowest BCUT2D eigenvalue weighted by Gasteiger charge is -2.35. The van der Waals surface area contributed by atoms with Crippen molar-refractivity contribution >= 4 is 34.8 Å². The van der Waals surface area contributed by atoms with Gasteiger partial charge in [-0.25, -0.2) is 20.2 Å². The molecule has 82 heavy (non-hydrogen) atoms. The van der Waals surface area contributed by atoms with E-state index in [-0.39, 0.29) is 35.0 Å². The maximum Gasteiger partial charge on any atom is 0.269 e. The van der Waals surface area contributed by atoms with E-state index in [1.54, 1.807) is 62.9 Å². The Balaban J connectivity index is 0.000000172. The molecule has 20 nitrogen and oxygen atoms in total. The number of anilines is 4. The van der Waals surface area contributed by atoms with Gasteiger partial charge in [0.15, 0.2) is 0 Å². The summed E-state index contributed by atoms with van der Waals surface area (Å²) in [7, 11) is 0. The fraction of sp³-hybridized carbons (Fsp3) is 0.258. The van der Waals surface area contributed by atoms with Crippen molar-refractivity contribution in [3.8, 4) is 23.6 Å². The first-order valence-corrected chi connectivity index (χ1v) is 27.1. The van der Waals surface area contributed by atoms with Crippen molar-refractivity contribution in [2.45, 2.75) is 39.0 Å². The summed E-state index contributed by atoms with van der Waals surface area (Å²) in [5.74, 6) is 2.75. The highest BCUT2D eigenvalue weighted by Crippen LogP contribution is 2.40. The highest BCUT2D eigenvalue weighted by Gasteiger charge is 2.34. The minimum atomic E-state index is -0.210. The molecule has 2 atom stereocenters. The molecule has 2 amide bonds. The van der Waals surface area contributed by atoms with E-state index in [1.165, 1.54) is 11.1 Å². The molecule has 0 bridgehead atoms. The van der Waals surface area contributed by atoms with Gasteiger partial charge in [0.2, 0.25) is 0 Å². The number of hydrogen-bond acceptors (Lipinski definition) is 16. The van der Waals surface area contributed by atoms with Crippen LogP contribution in [0.1, 0.15) is 77.3 Å². The Kier molecular flexibility index (Phi) is 15.7. The maximum absolute atomic E-state index is 13.4. The van der Waals surface area contributed by atoms with Gasteiger partial charge in [0.1, 0.15) is 48.5 Å². The number of nitrogens with one attached hydrogen (secondary N) is 2. The number of carbonyl (C=O) groups excluding carboxylic acids is 2. The third-order valence-electron chi connectivity index (χ3n) is 15.5. The van der Waals surface area contributed by atoms with Crippen LogP contribution in [0.25, 0.3) is 0 Å². The number of aromatic amines is 2. The van der Waals surface area contributed by atoms with Crippen molar-refractivity contribution in [1.82, 2.24) is 40.2 Å². The van der Waals surface area contributed by atoms with Gasteiger partial charge < -0.3 is 38.9 Å². The molecule has 12 rings (SSSR count). The Morgan fingerprint density at radius 3 is 1.34 bits per heavy atom. The lowest BCUT2D eigenvalue weighted by atomic mass is 10.1. The number of benzene rings is 4. The van der Waals surface area contributed by atoms with Gasteiger partial charge in [0, 0.05) is 100 Å². The fourth-order valence-electron chi connectivity index (χ4n) is 11.0. The molecule has 2 saturated heterocycles. The van der Waals surface area contributed by atoms with Crippen molar-refractivity contribution in [2.75, 3.05) is 85.2 Å². The molecule has 20 heteroatoms. The lowest BCUT2D eigenvalue weighted by molar-refractivity contribution is 0.0738. The van der Waals surface area contributed by atoms with E-state index in [0.717, 1.165) is 34.1 Å². The minimum Gasteiger partial charge on any atom is -0.491 e. The van der Waals surface area contributed by atoms with Crippen molar-refractivity contribution in [3.05, 3.63) is 222 Å². The predicted molar refractivity (Wildman–Crippen MR) is 308 cm³/mol. The average Bonchev–Trinajstić information content (AvgIpc) is 4.04. The van der Waals surface area contributed by atoms with Crippen molar-refractivity contribution in [3.63, 3.8) is 0 Å². The number of aromatic nitrogens is 6. The topological polar surface area (TPSA) is 237 Å². The maximum atomic E-state index is 13.4. The lowest BCUT2D eigenvalue weighted by Crippen LogP contribution is -2.49. The highest BCUT2D eigenvalue weighted by atomic mass is 16.5. The summed E-state index contributed by atoms with van der Waals surface area (Å²) in [6.45, 7) is 10.5. The predicted octanol–water partition coefficient (Wildman–Crippen LogP) is 6.90. The first-order valence-electron chi connectivity index (χ1n) is 27.1. The summed E-state index contributed by atoms with van der Waals surface area (Å²) in [6, 6.07) is 42.1. The summed E-state index contributed by atoms with van der Waals surface area (Å²) in [6.07, 6.45) is 6.51. The van der Waals surface area contributed by atoms with Crippen molar-refractivity contribution in [2.24, 2.45) is 0 Å². The van der Waals surface area contributed by atoms with Gasteiger partial charge in [0.05, 0.1) is 47.0 Å². The Labute approximate surface area is 473 Å². The van der Waals surface area contributed by atoms with E-state index in [2.05, 4.69) is 86.4 Å². The molecule has 4 aromatic heterocycles. The second-order valence-electron chi connectivity index (χ2n) is 20.4. The van der Waals surface area contributed by atoms with Gasteiger partial charge in [-0.2, -0.15) is 20.7 Å². The molecule has 0 spiro atoms. The number of H-pyrrole nitrogens is 2. The molecule has 4 aliphatic heterocycles. The monoisotopic (exact) mass is 1090 g/mol. The van der Waals surface area contributed by atoms with Crippen molar-refractivity contribution in [1.29, 1.82) is 10.5 Å². The molecule has 0 radical (unpaired) electrons. The SMILES string of the molecule is Cc1c(N2Cc3ccccc3[C@@H]2COc2cccc(C(=O)N3CCN(c4ccc(C#N)cn4)CC3)c2)cn[nH]c1=O.Cc1c(N2Cc3ccccc3[C@H]2COc2cccc(C(=O)N3CCN(c4ccc(C#N)cn4)CC3)c2)cn[nH]c1=O. The highest BCUT2D eigenvalue weighted by molar-refractivity contribution is 5.95. The fourth-order valence-corrected chi connectivity index (χ4v) is 11.0. The number of nitriles is 2. The first kappa shape index (κ1) is 53.7. The second kappa shape index (κ2) is 23.9. The molecule has 8 aromatic rings. The normalized spacial score (nSPS) is 16.3. The number of hydrogen-bond donors (Lipinski definition) is 2. The van der Waals surface area contributed by atoms with Gasteiger partial charge in [0.25, 0.3) is 22.9 Å². The number of fused-ring (bicyclic) bond motifs is 2. The molecule has 0 saturated carbocycles. The van der Waals surface area contributed by atoms with Crippen LogP contribution in [-0.4, -0.2) is 118 Å². The van der Waals surface area contributed by atoms with Gasteiger partial charge in [-0.3, -0.25) is 19.2 Å². The van der Waals surface area contributed by atoms with E-state index in [1.807, 2.05) is 82.6 Å². The quantitative estimate of drug-likeness (QED) is 0.127. The van der Waals surface area contributed by atoms with Crippen LogP contribution < -0.4 is 40.2 Å². The molecule has 4 aromatic carbocycles. The molecule has 2 fully saturated rings. The molecular formula is C62H58N14O6. The first-order chi connectivity index (χ1) is 40.0. The summed E-state index contributed by atoms with van der Waals surface area (Å²) >= 11 is 0. The van der Waals surface area contributed by atoms with E-state index in [0.29, 0.717) is 124 Å². The molecular weight excluding hydrogens is 1040 g/mol. The summed E-state index contributed by atoms with van der Waals surface area (Å²) in [5, 5.41) is 31.1. The van der Waals surface area contributed by atoms with Crippen LogP contribution in [-0.2, 0) is 13.1 Å². The average molecular weight is 1100 g/mol. The van der Waals surface area contributed by atoms with E-state index in [9.17, 15) is 19.2 Å². The van der Waals surface area contributed by atoms with Gasteiger partial charge in [-0.15, -0.1) is 0 Å². The number of piperazine rings is 2. The van der Waals surface area contributed by atoms with Crippen LogP contribution in [0.15, 0.2) is 156 Å². The molecule has 4 aliphatic rings. The Hall–Kier alpha value is -10.3. The Bertz CT molecular complexity index is 3590. The third-order valence-corrected chi connectivity index (χ3v) is 15.5. The largest absolute Gasteiger partial charge is 0.491 e. The summed E-state index contributed by atoms with van der Waals surface area (Å²) in [4.78, 5) is 72.2. The Morgan fingerprint density at radius 2 is 0.951 bits per heavy atom. The van der Waals surface area contributed by atoms with Gasteiger partial charge in [-0.05, 0) is 96.8 Å². The van der Waals surface area contributed by atoms with Crippen LogP contribution in [0.5, 0.6) is 11.5 Å². The van der Waals surface area contributed by atoms with Gasteiger partial charge >= 0.3 is 0 Å². The minimum absolute atomic E-state index is 0.0408. The number of amides is 2. The summed E-state index contributed by atoms with van der Waals surface area (Å²) in [5.41, 5.74) is 9.21. The zero-order chi connectivity index (χ0) is 56.7. The van der Waals surface area contributed by atoms with Crippen LogP contribution in [0.3, 0.4) is 0 Å². The van der Waals surface area contributed by atoms with Gasteiger partial charge in [-0.1, -0.05) is 60.7 Å². The van der Waals surface area contributed by atoms with E-state index < -0.39 is 0 Å².